The van der Waals surface area contributed by atoms with Gasteiger partial charge in [-0.3, -0.25) is 4.90 Å². The van der Waals surface area contributed by atoms with Crippen LogP contribution in [0.4, 0.5) is 11.4 Å². The van der Waals surface area contributed by atoms with E-state index in [9.17, 15) is 0 Å². The van der Waals surface area contributed by atoms with E-state index in [1.165, 1.54) is 35.3 Å². The Hall–Kier alpha value is -2.46. The van der Waals surface area contributed by atoms with Crippen molar-refractivity contribution >= 4 is 22.3 Å². The first-order valence-electron chi connectivity index (χ1n) is 10.1. The van der Waals surface area contributed by atoms with Crippen LogP contribution in [0.25, 0.3) is 11.0 Å². The number of rotatable bonds is 2. The third kappa shape index (κ3) is 2.26. The molecule has 27 heavy (non-hydrogen) atoms. The maximum atomic E-state index is 5.59. The number of benzene rings is 2. The molecule has 0 spiro atoms. The minimum atomic E-state index is 0.628. The molecule has 1 saturated heterocycles. The number of hydrogen-bond acceptors (Lipinski definition) is 4. The molecule has 6 rings (SSSR count). The van der Waals surface area contributed by atoms with Crippen LogP contribution in [-0.2, 0) is 6.54 Å². The summed E-state index contributed by atoms with van der Waals surface area (Å²) < 4.78 is 5.59. The maximum absolute atomic E-state index is 5.59. The molecule has 138 valence electrons. The number of fused-ring (bicyclic) bond motifs is 4. The number of hydrogen-bond donors (Lipinski definition) is 0. The van der Waals surface area contributed by atoms with Crippen LogP contribution in [0.15, 0.2) is 53.1 Å². The molecule has 3 aliphatic rings. The first kappa shape index (κ1) is 15.6. The van der Waals surface area contributed by atoms with Gasteiger partial charge in [-0.25, -0.2) is 0 Å². The van der Waals surface area contributed by atoms with Gasteiger partial charge in [0.05, 0.1) is 17.6 Å². The molecule has 0 bridgehead atoms. The van der Waals surface area contributed by atoms with E-state index >= 15 is 0 Å². The molecule has 0 radical (unpaired) electrons. The standard InChI is InChI=1S/C23H25N3O/c1-24-11-12-26-20-8-10-25(14-16-4-2-7-22-17(16)9-13-27-22)15-19(20)18-5-3-6-21(24)23(18)26/h2-7,9,13,19-20H,8,10-12,14-15H2,1H3/t19-,20-/m0/s1. The van der Waals surface area contributed by atoms with Gasteiger partial charge >= 0.3 is 0 Å². The lowest BCUT2D eigenvalue weighted by Crippen LogP contribution is -2.49. The molecule has 0 N–H and O–H groups in total. The average molecular weight is 359 g/mol. The Kier molecular flexibility index (Phi) is 3.33. The van der Waals surface area contributed by atoms with Crippen LogP contribution in [0, 0.1) is 0 Å². The lowest BCUT2D eigenvalue weighted by molar-refractivity contribution is 0.186. The molecule has 4 heterocycles. The monoisotopic (exact) mass is 359 g/mol. The number of para-hydroxylation sites is 1. The summed E-state index contributed by atoms with van der Waals surface area (Å²) in [5, 5.41) is 1.26. The molecule has 4 nitrogen and oxygen atoms in total. The number of anilines is 2. The van der Waals surface area contributed by atoms with Crippen LogP contribution in [-0.4, -0.2) is 44.2 Å². The van der Waals surface area contributed by atoms with Crippen LogP contribution in [0.1, 0.15) is 23.5 Å². The van der Waals surface area contributed by atoms with E-state index in [0.717, 1.165) is 31.8 Å². The highest BCUT2D eigenvalue weighted by molar-refractivity contribution is 5.81. The van der Waals surface area contributed by atoms with Crippen molar-refractivity contribution in [1.82, 2.24) is 4.90 Å². The van der Waals surface area contributed by atoms with E-state index in [2.05, 4.69) is 64.2 Å². The quantitative estimate of drug-likeness (QED) is 0.688. The SMILES string of the molecule is CN1CCN2c3c(cccc31)[C@@H]1CN(Cc3cccc4occc34)CC[C@@H]12. The Morgan fingerprint density at radius 3 is 2.93 bits per heavy atom. The molecule has 4 heteroatoms. The van der Waals surface area contributed by atoms with Crippen LogP contribution >= 0.6 is 0 Å². The van der Waals surface area contributed by atoms with Crippen molar-refractivity contribution in [3.8, 4) is 0 Å². The van der Waals surface area contributed by atoms with Crippen LogP contribution in [0.5, 0.6) is 0 Å². The van der Waals surface area contributed by atoms with Gasteiger partial charge in [0, 0.05) is 57.1 Å². The average Bonchev–Trinajstić information content (AvgIpc) is 3.29. The first-order chi connectivity index (χ1) is 13.3. The Labute approximate surface area is 160 Å². The smallest absolute Gasteiger partial charge is 0.134 e. The minimum Gasteiger partial charge on any atom is -0.464 e. The van der Waals surface area contributed by atoms with E-state index in [-0.39, 0.29) is 0 Å². The van der Waals surface area contributed by atoms with Gasteiger partial charge in [-0.15, -0.1) is 0 Å². The summed E-state index contributed by atoms with van der Waals surface area (Å²) in [5.74, 6) is 0.628. The molecule has 2 atom stereocenters. The fraction of sp³-hybridized carbons (Fsp3) is 0.391. The van der Waals surface area contributed by atoms with Crippen LogP contribution in [0.2, 0.25) is 0 Å². The summed E-state index contributed by atoms with van der Waals surface area (Å²) in [5.41, 5.74) is 6.88. The molecule has 0 unspecified atom stereocenters. The normalized spacial score (nSPS) is 24.3. The van der Waals surface area contributed by atoms with Crippen molar-refractivity contribution in [1.29, 1.82) is 0 Å². The second-order valence-electron chi connectivity index (χ2n) is 8.28. The van der Waals surface area contributed by atoms with Gasteiger partial charge < -0.3 is 14.2 Å². The van der Waals surface area contributed by atoms with Gasteiger partial charge in [-0.1, -0.05) is 24.3 Å². The largest absolute Gasteiger partial charge is 0.464 e. The molecular weight excluding hydrogens is 334 g/mol. The minimum absolute atomic E-state index is 0.628. The highest BCUT2D eigenvalue weighted by Gasteiger charge is 2.44. The van der Waals surface area contributed by atoms with Crippen molar-refractivity contribution in [2.45, 2.75) is 24.9 Å². The van der Waals surface area contributed by atoms with E-state index in [1.807, 2.05) is 0 Å². The number of likely N-dealkylation sites (N-methyl/N-ethyl adjacent to an activating group) is 1. The fourth-order valence-electron chi connectivity index (χ4n) is 5.56. The summed E-state index contributed by atoms with van der Waals surface area (Å²) >= 11 is 0. The Balaban J connectivity index is 1.31. The third-order valence-corrected chi connectivity index (χ3v) is 6.86. The Morgan fingerprint density at radius 2 is 1.96 bits per heavy atom. The molecule has 1 fully saturated rings. The van der Waals surface area contributed by atoms with Gasteiger partial charge in [0.2, 0.25) is 0 Å². The second kappa shape index (κ2) is 5.77. The molecule has 1 aromatic heterocycles. The van der Waals surface area contributed by atoms with E-state index in [0.29, 0.717) is 12.0 Å². The van der Waals surface area contributed by atoms with Crippen molar-refractivity contribution < 1.29 is 4.42 Å². The molecule has 0 amide bonds. The number of nitrogens with zero attached hydrogens (tertiary/aromatic N) is 3. The van der Waals surface area contributed by atoms with Gasteiger partial charge in [0.1, 0.15) is 5.58 Å². The number of furan rings is 1. The molecule has 3 aliphatic heterocycles. The highest BCUT2D eigenvalue weighted by Crippen LogP contribution is 2.50. The summed E-state index contributed by atoms with van der Waals surface area (Å²) in [6.45, 7) is 5.62. The zero-order chi connectivity index (χ0) is 18.0. The first-order valence-corrected chi connectivity index (χ1v) is 10.1. The Bertz CT molecular complexity index is 1010. The number of piperidine rings is 1. The van der Waals surface area contributed by atoms with Crippen molar-refractivity contribution in [2.24, 2.45) is 0 Å². The third-order valence-electron chi connectivity index (χ3n) is 6.86. The summed E-state index contributed by atoms with van der Waals surface area (Å²) in [6.07, 6.45) is 3.06. The van der Waals surface area contributed by atoms with Gasteiger partial charge in [0.15, 0.2) is 0 Å². The fourth-order valence-corrected chi connectivity index (χ4v) is 5.56. The molecule has 2 aromatic carbocycles. The second-order valence-corrected chi connectivity index (χ2v) is 8.28. The lowest BCUT2D eigenvalue weighted by Gasteiger charge is -2.41. The van der Waals surface area contributed by atoms with E-state index in [4.69, 9.17) is 4.42 Å². The zero-order valence-electron chi connectivity index (χ0n) is 15.8. The van der Waals surface area contributed by atoms with Gasteiger partial charge in [-0.05, 0) is 35.7 Å². The predicted octanol–water partition coefficient (Wildman–Crippen LogP) is 4.06. The van der Waals surface area contributed by atoms with E-state index < -0.39 is 0 Å². The van der Waals surface area contributed by atoms with Gasteiger partial charge in [0.25, 0.3) is 0 Å². The molecular formula is C23H25N3O. The van der Waals surface area contributed by atoms with E-state index in [1.54, 1.807) is 11.8 Å². The van der Waals surface area contributed by atoms with Crippen molar-refractivity contribution in [2.75, 3.05) is 43.0 Å². The summed E-state index contributed by atoms with van der Waals surface area (Å²) in [6, 6.07) is 16.1. The molecule has 0 saturated carbocycles. The predicted molar refractivity (Wildman–Crippen MR) is 110 cm³/mol. The van der Waals surface area contributed by atoms with Crippen molar-refractivity contribution in [3.05, 3.63) is 59.9 Å². The zero-order valence-corrected chi connectivity index (χ0v) is 15.8. The van der Waals surface area contributed by atoms with Crippen molar-refractivity contribution in [3.63, 3.8) is 0 Å². The summed E-state index contributed by atoms with van der Waals surface area (Å²) in [4.78, 5) is 7.78. The molecule has 3 aromatic rings. The molecule has 0 aliphatic carbocycles. The van der Waals surface area contributed by atoms with Crippen LogP contribution < -0.4 is 9.80 Å². The highest BCUT2D eigenvalue weighted by atomic mass is 16.3. The van der Waals surface area contributed by atoms with Gasteiger partial charge in [-0.2, -0.15) is 0 Å². The maximum Gasteiger partial charge on any atom is 0.134 e. The Morgan fingerprint density at radius 1 is 1.04 bits per heavy atom. The van der Waals surface area contributed by atoms with Crippen LogP contribution in [0.3, 0.4) is 0 Å². The summed E-state index contributed by atoms with van der Waals surface area (Å²) in [7, 11) is 2.23. The topological polar surface area (TPSA) is 22.9 Å². The number of likely N-dealkylation sites (tertiary alicyclic amines) is 1. The lowest BCUT2D eigenvalue weighted by atomic mass is 9.88.